The minimum absolute atomic E-state index is 0.0477. The number of hydrogen-bond acceptors (Lipinski definition) is 2. The predicted octanol–water partition coefficient (Wildman–Crippen LogP) is 2.23. The second kappa shape index (κ2) is 5.15. The van der Waals surface area contributed by atoms with E-state index in [1.54, 1.807) is 4.90 Å². The molecule has 0 heterocycles. The van der Waals surface area contributed by atoms with Gasteiger partial charge in [-0.3, -0.25) is 9.59 Å². The first-order chi connectivity index (χ1) is 11.4. The standard InChI is InChI=1S/C18H26F2N2O2/c1-3-10(21-15(23)17-5-11(17)13(19)7-17)9-22(4-2)16(24)18-6-12(18)14(20)8-18/h10-14H,3-9H2,1-2H3,(H,21,23)/t10-,11-,12-,13+,14+,17-,18-/m0/s1. The summed E-state index contributed by atoms with van der Waals surface area (Å²) in [6, 6.07) is -0.120. The number of rotatable bonds is 7. The van der Waals surface area contributed by atoms with E-state index in [9.17, 15) is 18.4 Å². The van der Waals surface area contributed by atoms with Gasteiger partial charge in [0, 0.05) is 31.0 Å². The summed E-state index contributed by atoms with van der Waals surface area (Å²) in [4.78, 5) is 26.9. The lowest BCUT2D eigenvalue weighted by molar-refractivity contribution is -0.143. The summed E-state index contributed by atoms with van der Waals surface area (Å²) in [5.41, 5.74) is -0.892. The molecule has 4 fully saturated rings. The Hall–Kier alpha value is -1.20. The first-order valence-electron chi connectivity index (χ1n) is 9.26. The van der Waals surface area contributed by atoms with Gasteiger partial charge in [-0.1, -0.05) is 6.92 Å². The van der Waals surface area contributed by atoms with Crippen LogP contribution in [0.25, 0.3) is 0 Å². The number of likely N-dealkylation sites (N-methyl/N-ethyl adjacent to an activating group) is 1. The quantitative estimate of drug-likeness (QED) is 0.773. The zero-order chi connectivity index (χ0) is 17.3. The Morgan fingerprint density at radius 2 is 1.67 bits per heavy atom. The summed E-state index contributed by atoms with van der Waals surface area (Å²) < 4.78 is 26.7. The number of fused-ring (bicyclic) bond motifs is 2. The molecule has 1 N–H and O–H groups in total. The molecule has 0 unspecified atom stereocenters. The van der Waals surface area contributed by atoms with Crippen LogP contribution in [0.4, 0.5) is 8.78 Å². The van der Waals surface area contributed by atoms with Crippen molar-refractivity contribution in [2.75, 3.05) is 13.1 Å². The normalized spacial score (nSPS) is 45.0. The summed E-state index contributed by atoms with van der Waals surface area (Å²) in [5.74, 6) is -0.156. The fourth-order valence-electron chi connectivity index (χ4n) is 4.97. The van der Waals surface area contributed by atoms with Gasteiger partial charge in [0.05, 0.1) is 10.8 Å². The van der Waals surface area contributed by atoms with Crippen molar-refractivity contribution in [2.45, 2.75) is 64.3 Å². The lowest BCUT2D eigenvalue weighted by Gasteiger charge is -2.36. The number of halogens is 2. The maximum absolute atomic E-state index is 13.4. The molecule has 0 aromatic rings. The molecule has 0 radical (unpaired) electrons. The molecule has 0 aromatic heterocycles. The summed E-state index contributed by atoms with van der Waals surface area (Å²) in [6.07, 6.45) is 1.13. The van der Waals surface area contributed by atoms with Crippen LogP contribution in [0.15, 0.2) is 0 Å². The van der Waals surface area contributed by atoms with Gasteiger partial charge in [0.25, 0.3) is 0 Å². The smallest absolute Gasteiger partial charge is 0.229 e. The molecule has 0 spiro atoms. The van der Waals surface area contributed by atoms with E-state index in [-0.39, 0.29) is 29.7 Å². The SMILES string of the molecule is CC[C@@H](CN(CC)C(=O)[C@@]12C[C@@H](F)[C@@H]1C2)NC(=O)[C@@]12C[C@@H](F)[C@@H]1C2. The Labute approximate surface area is 141 Å². The van der Waals surface area contributed by atoms with Crippen molar-refractivity contribution in [2.24, 2.45) is 22.7 Å². The molecule has 7 atom stereocenters. The van der Waals surface area contributed by atoms with Crippen LogP contribution in [0, 0.1) is 22.7 Å². The van der Waals surface area contributed by atoms with Crippen molar-refractivity contribution in [3.8, 4) is 0 Å². The van der Waals surface area contributed by atoms with E-state index in [4.69, 9.17) is 0 Å². The number of nitrogens with zero attached hydrogens (tertiary/aromatic N) is 1. The highest BCUT2D eigenvalue weighted by Gasteiger charge is 2.73. The molecule has 4 aliphatic rings. The number of amides is 2. The van der Waals surface area contributed by atoms with Crippen molar-refractivity contribution in [1.29, 1.82) is 0 Å². The Morgan fingerprint density at radius 3 is 2.08 bits per heavy atom. The number of carbonyl (C=O) groups excluding carboxylic acids is 2. The highest BCUT2D eigenvalue weighted by Crippen LogP contribution is 2.70. The second-order valence-electron chi connectivity index (χ2n) is 8.30. The third-order valence-electron chi connectivity index (χ3n) is 7.08. The molecule has 0 bridgehead atoms. The van der Waals surface area contributed by atoms with Crippen LogP contribution in [0.1, 0.15) is 46.0 Å². The average molecular weight is 340 g/mol. The van der Waals surface area contributed by atoms with Crippen LogP contribution in [0.3, 0.4) is 0 Å². The number of carbonyl (C=O) groups is 2. The Morgan fingerprint density at radius 1 is 1.08 bits per heavy atom. The fourth-order valence-corrected chi connectivity index (χ4v) is 4.97. The van der Waals surface area contributed by atoms with Crippen molar-refractivity contribution in [1.82, 2.24) is 10.2 Å². The van der Waals surface area contributed by atoms with Crippen molar-refractivity contribution in [3.05, 3.63) is 0 Å². The molecular weight excluding hydrogens is 314 g/mol. The molecule has 2 amide bonds. The van der Waals surface area contributed by atoms with Crippen molar-refractivity contribution >= 4 is 11.8 Å². The maximum atomic E-state index is 13.4. The van der Waals surface area contributed by atoms with Crippen LogP contribution >= 0.6 is 0 Å². The minimum Gasteiger partial charge on any atom is -0.351 e. The minimum atomic E-state index is -0.817. The van der Waals surface area contributed by atoms with Gasteiger partial charge in [-0.25, -0.2) is 8.78 Å². The molecule has 0 saturated heterocycles. The van der Waals surface area contributed by atoms with Gasteiger partial charge in [-0.2, -0.15) is 0 Å². The Kier molecular flexibility index (Phi) is 3.49. The lowest BCUT2D eigenvalue weighted by atomic mass is 9.81. The van der Waals surface area contributed by atoms with Crippen molar-refractivity contribution in [3.63, 3.8) is 0 Å². The van der Waals surface area contributed by atoms with E-state index in [2.05, 4.69) is 5.32 Å². The van der Waals surface area contributed by atoms with Crippen LogP contribution in [0.5, 0.6) is 0 Å². The van der Waals surface area contributed by atoms with Gasteiger partial charge in [-0.15, -0.1) is 0 Å². The number of nitrogens with one attached hydrogen (secondary N) is 1. The summed E-state index contributed by atoms with van der Waals surface area (Å²) in [5, 5.41) is 3.03. The molecule has 4 saturated carbocycles. The number of hydrogen-bond donors (Lipinski definition) is 1. The van der Waals surface area contributed by atoms with Gasteiger partial charge in [-0.05, 0) is 39.0 Å². The van der Waals surface area contributed by atoms with Gasteiger partial charge >= 0.3 is 0 Å². The van der Waals surface area contributed by atoms with E-state index in [1.807, 2.05) is 13.8 Å². The van der Waals surface area contributed by atoms with Crippen LogP contribution in [0.2, 0.25) is 0 Å². The third-order valence-corrected chi connectivity index (χ3v) is 7.08. The monoisotopic (exact) mass is 340 g/mol. The van der Waals surface area contributed by atoms with Gasteiger partial charge in [0.2, 0.25) is 11.8 Å². The molecule has 0 aromatic carbocycles. The summed E-state index contributed by atoms with van der Waals surface area (Å²) in [6.45, 7) is 4.92. The first kappa shape index (κ1) is 16.3. The molecule has 134 valence electrons. The molecule has 6 heteroatoms. The first-order valence-corrected chi connectivity index (χ1v) is 9.26. The average Bonchev–Trinajstić information content (AvgIpc) is 3.40. The van der Waals surface area contributed by atoms with E-state index in [1.165, 1.54) is 0 Å². The summed E-state index contributed by atoms with van der Waals surface area (Å²) in [7, 11) is 0. The van der Waals surface area contributed by atoms with E-state index < -0.39 is 23.2 Å². The highest BCUT2D eigenvalue weighted by atomic mass is 19.1. The Bertz CT molecular complexity index is 585. The largest absolute Gasteiger partial charge is 0.351 e. The van der Waals surface area contributed by atoms with E-state index >= 15 is 0 Å². The second-order valence-corrected chi connectivity index (χ2v) is 8.30. The summed E-state index contributed by atoms with van der Waals surface area (Å²) >= 11 is 0. The number of alkyl halides is 2. The van der Waals surface area contributed by atoms with Gasteiger partial charge in [0.1, 0.15) is 12.3 Å². The molecule has 4 aliphatic carbocycles. The molecule has 4 rings (SSSR count). The fraction of sp³-hybridized carbons (Fsp3) is 0.889. The van der Waals surface area contributed by atoms with E-state index in [0.717, 1.165) is 6.42 Å². The lowest BCUT2D eigenvalue weighted by Crippen LogP contribution is -2.52. The van der Waals surface area contributed by atoms with Gasteiger partial charge < -0.3 is 10.2 Å². The van der Waals surface area contributed by atoms with Crippen LogP contribution in [-0.4, -0.2) is 48.2 Å². The predicted molar refractivity (Wildman–Crippen MR) is 84.6 cm³/mol. The zero-order valence-corrected chi connectivity index (χ0v) is 14.4. The van der Waals surface area contributed by atoms with Gasteiger partial charge in [0.15, 0.2) is 0 Å². The third kappa shape index (κ3) is 2.07. The topological polar surface area (TPSA) is 49.4 Å². The zero-order valence-electron chi connectivity index (χ0n) is 14.4. The highest BCUT2D eigenvalue weighted by molar-refractivity contribution is 5.89. The molecule has 4 nitrogen and oxygen atoms in total. The Balaban J connectivity index is 1.34. The van der Waals surface area contributed by atoms with Crippen molar-refractivity contribution < 1.29 is 18.4 Å². The van der Waals surface area contributed by atoms with Crippen LogP contribution < -0.4 is 5.32 Å². The molecule has 0 aliphatic heterocycles. The molecule has 24 heavy (non-hydrogen) atoms. The van der Waals surface area contributed by atoms with E-state index in [0.29, 0.717) is 38.8 Å². The molecular formula is C18H26F2N2O2. The van der Waals surface area contributed by atoms with Crippen LogP contribution in [-0.2, 0) is 9.59 Å². The maximum Gasteiger partial charge on any atom is 0.229 e.